The van der Waals surface area contributed by atoms with E-state index in [1.54, 1.807) is 11.3 Å². The molecule has 4 heteroatoms. The molecule has 1 aliphatic rings. The van der Waals surface area contributed by atoms with E-state index in [-0.39, 0.29) is 12.0 Å². The van der Waals surface area contributed by atoms with Gasteiger partial charge in [0.15, 0.2) is 0 Å². The molecule has 1 aliphatic heterocycles. The zero-order chi connectivity index (χ0) is 16.4. The molecule has 1 saturated heterocycles. The van der Waals surface area contributed by atoms with E-state index in [0.717, 1.165) is 25.9 Å². The van der Waals surface area contributed by atoms with E-state index in [1.165, 1.54) is 21.6 Å². The van der Waals surface area contributed by atoms with Crippen LogP contribution in [0.1, 0.15) is 40.5 Å². The first kappa shape index (κ1) is 16.2. The van der Waals surface area contributed by atoms with Gasteiger partial charge in [-0.1, -0.05) is 29.8 Å². The number of benzene rings is 1. The average molecular weight is 329 g/mol. The van der Waals surface area contributed by atoms with E-state index in [2.05, 4.69) is 54.5 Å². The Morgan fingerprint density at radius 1 is 1.26 bits per heavy atom. The predicted octanol–water partition coefficient (Wildman–Crippen LogP) is 4.25. The van der Waals surface area contributed by atoms with Crippen molar-refractivity contribution in [3.05, 3.63) is 57.3 Å². The van der Waals surface area contributed by atoms with Crippen molar-refractivity contribution in [1.82, 2.24) is 4.90 Å². The number of hydrogen-bond donors (Lipinski definition) is 1. The monoisotopic (exact) mass is 329 g/mol. The summed E-state index contributed by atoms with van der Waals surface area (Å²) in [5.74, 6) is -0.835. The maximum Gasteiger partial charge on any atom is 0.306 e. The maximum absolute atomic E-state index is 11.2. The molecular weight excluding hydrogens is 306 g/mol. The number of likely N-dealkylation sites (tertiary alicyclic amines) is 1. The minimum Gasteiger partial charge on any atom is -0.481 e. The van der Waals surface area contributed by atoms with Crippen LogP contribution in [0.5, 0.6) is 0 Å². The number of carboxylic acids is 1. The van der Waals surface area contributed by atoms with Crippen molar-refractivity contribution in [2.75, 3.05) is 13.1 Å². The number of carboxylic acid groups (broad SMARTS) is 1. The summed E-state index contributed by atoms with van der Waals surface area (Å²) in [7, 11) is 0. The molecule has 2 aromatic rings. The lowest BCUT2D eigenvalue weighted by molar-refractivity contribution is -0.143. The lowest BCUT2D eigenvalue weighted by atomic mass is 9.92. The number of carbonyl (C=O) groups is 1. The van der Waals surface area contributed by atoms with Crippen molar-refractivity contribution in [2.45, 2.75) is 32.7 Å². The van der Waals surface area contributed by atoms with Crippen LogP contribution in [0, 0.1) is 19.8 Å². The summed E-state index contributed by atoms with van der Waals surface area (Å²) < 4.78 is 0. The Hall–Kier alpha value is -1.65. The summed E-state index contributed by atoms with van der Waals surface area (Å²) in [6, 6.07) is 11.2. The van der Waals surface area contributed by atoms with Crippen LogP contribution >= 0.6 is 11.3 Å². The Labute approximate surface area is 141 Å². The Balaban J connectivity index is 1.90. The van der Waals surface area contributed by atoms with Crippen LogP contribution in [0.25, 0.3) is 0 Å². The van der Waals surface area contributed by atoms with Crippen LogP contribution in [0.15, 0.2) is 35.7 Å². The van der Waals surface area contributed by atoms with Gasteiger partial charge in [-0.25, -0.2) is 0 Å². The third-order valence-electron chi connectivity index (χ3n) is 4.78. The SMILES string of the molecule is Cc1ccc(C(c2cccs2)N2CCC(C(=O)O)CC2)c(C)c1. The highest BCUT2D eigenvalue weighted by molar-refractivity contribution is 7.10. The van der Waals surface area contributed by atoms with Crippen LogP contribution in [0.2, 0.25) is 0 Å². The molecule has 1 aromatic heterocycles. The molecule has 23 heavy (non-hydrogen) atoms. The van der Waals surface area contributed by atoms with Crippen molar-refractivity contribution in [3.8, 4) is 0 Å². The lowest BCUT2D eigenvalue weighted by Gasteiger charge is -2.37. The van der Waals surface area contributed by atoms with Crippen molar-refractivity contribution in [2.24, 2.45) is 5.92 Å². The summed E-state index contributed by atoms with van der Waals surface area (Å²) in [6.07, 6.45) is 1.48. The summed E-state index contributed by atoms with van der Waals surface area (Å²) in [5.41, 5.74) is 3.93. The molecule has 2 heterocycles. The third-order valence-corrected chi connectivity index (χ3v) is 5.70. The molecular formula is C19H23NO2S. The van der Waals surface area contributed by atoms with Crippen LogP contribution in [0.4, 0.5) is 0 Å². The van der Waals surface area contributed by atoms with Crippen LogP contribution < -0.4 is 0 Å². The molecule has 1 unspecified atom stereocenters. The lowest BCUT2D eigenvalue weighted by Crippen LogP contribution is -2.39. The second kappa shape index (κ2) is 6.85. The minimum atomic E-state index is -0.649. The van der Waals surface area contributed by atoms with E-state index in [1.807, 2.05) is 0 Å². The summed E-state index contributed by atoms with van der Waals surface area (Å²) in [4.78, 5) is 15.0. The Bertz CT molecular complexity index is 673. The van der Waals surface area contributed by atoms with Gasteiger partial charge >= 0.3 is 5.97 Å². The van der Waals surface area contributed by atoms with Gasteiger partial charge in [0.2, 0.25) is 0 Å². The van der Waals surface area contributed by atoms with Crippen molar-refractivity contribution < 1.29 is 9.90 Å². The third kappa shape index (κ3) is 3.48. The van der Waals surface area contributed by atoms with Gasteiger partial charge in [-0.05, 0) is 62.4 Å². The number of aliphatic carboxylic acids is 1. The van der Waals surface area contributed by atoms with E-state index in [4.69, 9.17) is 0 Å². The highest BCUT2D eigenvalue weighted by atomic mass is 32.1. The van der Waals surface area contributed by atoms with Crippen LogP contribution in [-0.2, 0) is 4.79 Å². The Morgan fingerprint density at radius 3 is 2.57 bits per heavy atom. The number of rotatable bonds is 4. The van der Waals surface area contributed by atoms with E-state index < -0.39 is 5.97 Å². The smallest absolute Gasteiger partial charge is 0.306 e. The Morgan fingerprint density at radius 2 is 2.00 bits per heavy atom. The molecule has 1 N–H and O–H groups in total. The molecule has 3 nitrogen and oxygen atoms in total. The van der Waals surface area contributed by atoms with Gasteiger partial charge in [0.05, 0.1) is 12.0 Å². The maximum atomic E-state index is 11.2. The number of piperidine rings is 1. The molecule has 0 saturated carbocycles. The van der Waals surface area contributed by atoms with E-state index in [0.29, 0.717) is 0 Å². The van der Waals surface area contributed by atoms with Crippen molar-refractivity contribution in [1.29, 1.82) is 0 Å². The molecule has 0 spiro atoms. The van der Waals surface area contributed by atoms with E-state index in [9.17, 15) is 9.90 Å². The zero-order valence-electron chi connectivity index (χ0n) is 13.7. The van der Waals surface area contributed by atoms with Gasteiger partial charge in [-0.15, -0.1) is 11.3 Å². The van der Waals surface area contributed by atoms with E-state index >= 15 is 0 Å². The number of aryl methyl sites for hydroxylation is 2. The first-order valence-electron chi connectivity index (χ1n) is 8.13. The molecule has 1 aromatic carbocycles. The standard InChI is InChI=1S/C19H23NO2S/c1-13-5-6-16(14(2)12-13)18(17-4-3-11-23-17)20-9-7-15(8-10-20)19(21)22/h3-6,11-12,15,18H,7-10H2,1-2H3,(H,21,22). The fraction of sp³-hybridized carbons (Fsp3) is 0.421. The average Bonchev–Trinajstić information content (AvgIpc) is 3.04. The van der Waals surface area contributed by atoms with Gasteiger partial charge in [0.1, 0.15) is 0 Å². The second-order valence-corrected chi connectivity index (χ2v) is 7.41. The van der Waals surface area contributed by atoms with Gasteiger partial charge < -0.3 is 5.11 Å². The van der Waals surface area contributed by atoms with Crippen LogP contribution in [0.3, 0.4) is 0 Å². The van der Waals surface area contributed by atoms with Gasteiger partial charge in [-0.3, -0.25) is 9.69 Å². The predicted molar refractivity (Wildman–Crippen MR) is 94.0 cm³/mol. The fourth-order valence-electron chi connectivity index (χ4n) is 3.51. The summed E-state index contributed by atoms with van der Waals surface area (Å²) in [6.45, 7) is 5.97. The molecule has 1 fully saturated rings. The summed E-state index contributed by atoms with van der Waals surface area (Å²) in [5, 5.41) is 11.3. The van der Waals surface area contributed by atoms with Crippen molar-refractivity contribution in [3.63, 3.8) is 0 Å². The van der Waals surface area contributed by atoms with Gasteiger partial charge in [0.25, 0.3) is 0 Å². The second-order valence-electron chi connectivity index (χ2n) is 6.43. The molecule has 0 radical (unpaired) electrons. The molecule has 3 rings (SSSR count). The Kier molecular flexibility index (Phi) is 4.83. The largest absolute Gasteiger partial charge is 0.481 e. The van der Waals surface area contributed by atoms with Gasteiger partial charge in [-0.2, -0.15) is 0 Å². The van der Waals surface area contributed by atoms with Crippen molar-refractivity contribution >= 4 is 17.3 Å². The molecule has 1 atom stereocenters. The topological polar surface area (TPSA) is 40.5 Å². The quantitative estimate of drug-likeness (QED) is 0.911. The molecule has 0 amide bonds. The number of thiophene rings is 1. The molecule has 0 bridgehead atoms. The highest BCUT2D eigenvalue weighted by Crippen LogP contribution is 2.36. The van der Waals surface area contributed by atoms with Crippen LogP contribution in [-0.4, -0.2) is 29.1 Å². The number of nitrogens with zero attached hydrogens (tertiary/aromatic N) is 1. The molecule has 0 aliphatic carbocycles. The molecule has 122 valence electrons. The highest BCUT2D eigenvalue weighted by Gasteiger charge is 2.31. The summed E-state index contributed by atoms with van der Waals surface area (Å²) >= 11 is 1.78. The first-order valence-corrected chi connectivity index (χ1v) is 9.01. The fourth-order valence-corrected chi connectivity index (χ4v) is 4.39. The first-order chi connectivity index (χ1) is 11.1. The normalized spacial score (nSPS) is 18.0. The zero-order valence-corrected chi connectivity index (χ0v) is 14.5. The van der Waals surface area contributed by atoms with Gasteiger partial charge in [0, 0.05) is 4.88 Å². The minimum absolute atomic E-state index is 0.186. The number of hydrogen-bond acceptors (Lipinski definition) is 3.